The molecule has 0 aliphatic carbocycles. The molecule has 0 spiro atoms. The van der Waals surface area contributed by atoms with Crippen molar-refractivity contribution < 1.29 is 28.0 Å². The predicted molar refractivity (Wildman–Crippen MR) is 222 cm³/mol. The fraction of sp³-hybridized carbons (Fsp3) is 0.886. The van der Waals surface area contributed by atoms with Crippen molar-refractivity contribution in [1.82, 2.24) is 5.32 Å². The number of carbonyl (C=O) groups excluding carboxylic acids is 1. The molecule has 7 nitrogen and oxygen atoms in total. The van der Waals surface area contributed by atoms with Crippen molar-refractivity contribution in [3.8, 4) is 0 Å². The first-order chi connectivity index (χ1) is 25.2. The van der Waals surface area contributed by atoms with E-state index in [0.717, 1.165) is 32.1 Å². The van der Waals surface area contributed by atoms with Crippen molar-refractivity contribution in [1.29, 1.82) is 0 Å². The maximum atomic E-state index is 12.6. The molecule has 4 N–H and O–H groups in total. The highest BCUT2D eigenvalue weighted by molar-refractivity contribution is 7.85. The van der Waals surface area contributed by atoms with Gasteiger partial charge in [0.15, 0.2) is 0 Å². The van der Waals surface area contributed by atoms with Crippen LogP contribution in [0.2, 0.25) is 0 Å². The van der Waals surface area contributed by atoms with Gasteiger partial charge in [0.1, 0.15) is 6.10 Å². The second-order valence-electron chi connectivity index (χ2n) is 15.5. The zero-order chi connectivity index (χ0) is 38.4. The topological polar surface area (TPSA) is 124 Å². The first-order valence-electron chi connectivity index (χ1n) is 22.1. The third-order valence-corrected chi connectivity index (χ3v) is 11.0. The Morgan fingerprint density at radius 2 is 0.865 bits per heavy atom. The molecule has 8 heteroatoms. The van der Waals surface area contributed by atoms with Crippen LogP contribution in [0.15, 0.2) is 24.3 Å². The van der Waals surface area contributed by atoms with Gasteiger partial charge in [-0.3, -0.25) is 9.35 Å². The highest BCUT2D eigenvalue weighted by atomic mass is 32.2. The summed E-state index contributed by atoms with van der Waals surface area (Å²) in [6.07, 6.45) is 45.2. The molecule has 0 saturated heterocycles. The molecular formula is C44H85NO6S. The second-order valence-corrected chi connectivity index (χ2v) is 17.0. The maximum Gasteiger partial charge on any atom is 0.267 e. The lowest BCUT2D eigenvalue weighted by atomic mass is 10.0. The summed E-state index contributed by atoms with van der Waals surface area (Å²) >= 11 is 0. The van der Waals surface area contributed by atoms with Crippen LogP contribution in [-0.2, 0) is 14.9 Å². The van der Waals surface area contributed by atoms with Crippen LogP contribution >= 0.6 is 0 Å². The molecule has 0 rings (SSSR count). The van der Waals surface area contributed by atoms with Crippen LogP contribution in [0.1, 0.15) is 226 Å². The standard InChI is InChI=1S/C44H85NO6S/c1-3-5-7-9-11-13-15-17-19-21-22-23-25-27-29-31-33-35-37-39-43(47)44(48)45-41(40-52(49,50)51)42(46)38-36-34-32-30-28-26-24-20-18-16-14-12-10-8-6-4-2/h28,30,36,38,41-43,46-47H,3-27,29,31-35,37,39-40H2,1-2H3,(H,45,48)(H,49,50,51)/b30-28+,38-36+. The van der Waals surface area contributed by atoms with Crippen LogP contribution in [-0.4, -0.2) is 53.1 Å². The summed E-state index contributed by atoms with van der Waals surface area (Å²) in [6.45, 7) is 4.52. The van der Waals surface area contributed by atoms with E-state index in [1.54, 1.807) is 6.08 Å². The second kappa shape index (κ2) is 38.1. The Morgan fingerprint density at radius 1 is 0.519 bits per heavy atom. The molecule has 3 atom stereocenters. The van der Waals surface area contributed by atoms with Crippen molar-refractivity contribution in [3.05, 3.63) is 24.3 Å². The molecule has 52 heavy (non-hydrogen) atoms. The molecule has 1 amide bonds. The SMILES string of the molecule is CCCCCCCCCCCC/C=C/CC/C=C/C(O)C(CS(=O)(=O)O)NC(=O)C(O)CCCCCCCCCCCCCCCCCCCCC. The van der Waals surface area contributed by atoms with Crippen molar-refractivity contribution >= 4 is 16.0 Å². The van der Waals surface area contributed by atoms with Crippen molar-refractivity contribution in [2.24, 2.45) is 0 Å². The average molecular weight is 756 g/mol. The van der Waals surface area contributed by atoms with E-state index in [1.807, 2.05) is 0 Å². The van der Waals surface area contributed by atoms with Crippen LogP contribution in [0.25, 0.3) is 0 Å². The number of hydrogen-bond donors (Lipinski definition) is 4. The zero-order valence-electron chi connectivity index (χ0n) is 34.1. The van der Waals surface area contributed by atoms with E-state index in [-0.39, 0.29) is 6.42 Å². The van der Waals surface area contributed by atoms with Crippen LogP contribution in [0.3, 0.4) is 0 Å². The van der Waals surface area contributed by atoms with Crippen molar-refractivity contribution in [2.75, 3.05) is 5.75 Å². The first kappa shape index (κ1) is 50.8. The van der Waals surface area contributed by atoms with E-state index in [1.165, 1.54) is 167 Å². The van der Waals surface area contributed by atoms with Crippen LogP contribution in [0.5, 0.6) is 0 Å². The van der Waals surface area contributed by atoms with Gasteiger partial charge in [-0.15, -0.1) is 0 Å². The highest BCUT2D eigenvalue weighted by Crippen LogP contribution is 2.16. The van der Waals surface area contributed by atoms with E-state index in [9.17, 15) is 28.0 Å². The Morgan fingerprint density at radius 3 is 1.27 bits per heavy atom. The maximum absolute atomic E-state index is 12.6. The fourth-order valence-corrected chi connectivity index (χ4v) is 7.56. The number of carbonyl (C=O) groups is 1. The van der Waals surface area contributed by atoms with E-state index < -0.39 is 40.0 Å². The Balaban J connectivity index is 4.00. The van der Waals surface area contributed by atoms with E-state index in [0.29, 0.717) is 12.8 Å². The summed E-state index contributed by atoms with van der Waals surface area (Å²) in [4.78, 5) is 12.6. The number of aliphatic hydroxyl groups is 2. The van der Waals surface area contributed by atoms with Crippen molar-refractivity contribution in [2.45, 2.75) is 244 Å². The van der Waals surface area contributed by atoms with Crippen LogP contribution in [0.4, 0.5) is 0 Å². The van der Waals surface area contributed by atoms with Gasteiger partial charge in [0.25, 0.3) is 10.1 Å². The van der Waals surface area contributed by atoms with Crippen LogP contribution in [0, 0.1) is 0 Å². The minimum atomic E-state index is -4.45. The molecule has 0 heterocycles. The Hall–Kier alpha value is -1.22. The number of rotatable bonds is 40. The first-order valence-corrected chi connectivity index (χ1v) is 23.8. The van der Waals surface area contributed by atoms with Gasteiger partial charge < -0.3 is 15.5 Å². The normalized spacial score (nSPS) is 14.0. The minimum absolute atomic E-state index is 0.278. The van der Waals surface area contributed by atoms with Gasteiger partial charge >= 0.3 is 0 Å². The summed E-state index contributed by atoms with van der Waals surface area (Å²) in [5.74, 6) is -1.55. The third-order valence-electron chi connectivity index (χ3n) is 10.2. The van der Waals surface area contributed by atoms with E-state index in [2.05, 4.69) is 31.3 Å². The molecule has 0 aromatic rings. The van der Waals surface area contributed by atoms with Gasteiger partial charge in [0.2, 0.25) is 5.91 Å². The summed E-state index contributed by atoms with van der Waals surface area (Å²) in [5.41, 5.74) is 0. The molecule has 0 aromatic heterocycles. The van der Waals surface area contributed by atoms with Gasteiger partial charge in [0, 0.05) is 0 Å². The molecule has 0 radical (unpaired) electrons. The fourth-order valence-electron chi connectivity index (χ4n) is 6.83. The summed E-state index contributed by atoms with van der Waals surface area (Å²) in [5, 5.41) is 23.4. The van der Waals surface area contributed by atoms with E-state index in [4.69, 9.17) is 0 Å². The molecule has 3 unspecified atom stereocenters. The monoisotopic (exact) mass is 756 g/mol. The molecule has 0 aromatic carbocycles. The Kier molecular flexibility index (Phi) is 37.2. The molecule has 0 aliphatic heterocycles. The lowest BCUT2D eigenvalue weighted by Crippen LogP contribution is -2.50. The average Bonchev–Trinajstić information content (AvgIpc) is 3.11. The lowest BCUT2D eigenvalue weighted by molar-refractivity contribution is -0.130. The Labute approximate surface area is 322 Å². The molecule has 308 valence electrons. The van der Waals surface area contributed by atoms with Crippen LogP contribution < -0.4 is 5.32 Å². The van der Waals surface area contributed by atoms with Gasteiger partial charge in [-0.2, -0.15) is 8.42 Å². The molecular weight excluding hydrogens is 671 g/mol. The quantitative estimate of drug-likeness (QED) is 0.0280. The smallest absolute Gasteiger partial charge is 0.267 e. The van der Waals surface area contributed by atoms with Gasteiger partial charge in [0.05, 0.1) is 17.9 Å². The summed E-state index contributed by atoms with van der Waals surface area (Å²) < 4.78 is 32.6. The minimum Gasteiger partial charge on any atom is -0.387 e. The number of amides is 1. The number of unbranched alkanes of at least 4 members (excludes halogenated alkanes) is 29. The van der Waals surface area contributed by atoms with Gasteiger partial charge in [-0.25, -0.2) is 0 Å². The van der Waals surface area contributed by atoms with E-state index >= 15 is 0 Å². The highest BCUT2D eigenvalue weighted by Gasteiger charge is 2.27. The largest absolute Gasteiger partial charge is 0.387 e. The van der Waals surface area contributed by atoms with Gasteiger partial charge in [-0.1, -0.05) is 218 Å². The number of hydrogen-bond acceptors (Lipinski definition) is 5. The molecule has 0 aliphatic rings. The number of allylic oxidation sites excluding steroid dienone is 3. The molecule has 0 fully saturated rings. The summed E-state index contributed by atoms with van der Waals surface area (Å²) in [7, 11) is -4.45. The lowest BCUT2D eigenvalue weighted by Gasteiger charge is -2.22. The summed E-state index contributed by atoms with van der Waals surface area (Å²) in [6, 6.07) is -1.25. The predicted octanol–water partition coefficient (Wildman–Crippen LogP) is 12.1. The Bertz CT molecular complexity index is 937. The van der Waals surface area contributed by atoms with Crippen molar-refractivity contribution in [3.63, 3.8) is 0 Å². The zero-order valence-corrected chi connectivity index (χ0v) is 34.9. The molecule has 0 bridgehead atoms. The van der Waals surface area contributed by atoms with Gasteiger partial charge in [-0.05, 0) is 32.1 Å². The number of aliphatic hydroxyl groups excluding tert-OH is 2. The molecule has 0 saturated carbocycles. The number of nitrogens with one attached hydrogen (secondary N) is 1. The third kappa shape index (κ3) is 37.1.